The summed E-state index contributed by atoms with van der Waals surface area (Å²) < 4.78 is 2.40. The van der Waals surface area contributed by atoms with E-state index in [2.05, 4.69) is 216 Å². The summed E-state index contributed by atoms with van der Waals surface area (Å²) in [6.07, 6.45) is 0. The van der Waals surface area contributed by atoms with Gasteiger partial charge in [0.2, 0.25) is 0 Å². The van der Waals surface area contributed by atoms with E-state index in [0.29, 0.717) is 0 Å². The lowest BCUT2D eigenvalue weighted by Crippen LogP contribution is -2.09. The molecule has 0 spiro atoms. The van der Waals surface area contributed by atoms with E-state index in [0.717, 1.165) is 22.7 Å². The first-order valence-electron chi connectivity index (χ1n) is 17.8. The maximum atomic E-state index is 2.40. The maximum absolute atomic E-state index is 2.40. The monoisotopic (exact) mass is 662 g/mol. The Balaban J connectivity index is 0.996. The Hall–Kier alpha value is -6.90. The van der Waals surface area contributed by atoms with Crippen molar-refractivity contribution in [3.63, 3.8) is 0 Å². The number of hydrogen-bond donors (Lipinski definition) is 0. The van der Waals surface area contributed by atoms with Gasteiger partial charge in [-0.05, 0) is 111 Å². The van der Waals surface area contributed by atoms with E-state index in [-0.39, 0.29) is 0 Å². The largest absolute Gasteiger partial charge is 0.310 e. The summed E-state index contributed by atoms with van der Waals surface area (Å²) in [6.45, 7) is 0. The Bertz CT molecular complexity index is 2870. The van der Waals surface area contributed by atoms with Gasteiger partial charge in [-0.3, -0.25) is 0 Å². The topological polar surface area (TPSA) is 8.17 Å². The molecule has 0 amide bonds. The van der Waals surface area contributed by atoms with Crippen molar-refractivity contribution in [1.29, 1.82) is 0 Å². The first kappa shape index (κ1) is 30.0. The number of rotatable bonds is 6. The molecule has 1 heterocycles. The van der Waals surface area contributed by atoms with Gasteiger partial charge in [0.1, 0.15) is 0 Å². The molecular formula is C50H34N2. The number of nitrogens with zero attached hydrogens (tertiary/aromatic N) is 2. The van der Waals surface area contributed by atoms with Crippen molar-refractivity contribution in [3.8, 4) is 27.9 Å². The molecule has 10 aromatic rings. The summed E-state index contributed by atoms with van der Waals surface area (Å²) in [6, 6.07) is 74.6. The number of para-hydroxylation sites is 2. The van der Waals surface area contributed by atoms with Crippen LogP contribution in [0.25, 0.3) is 71.3 Å². The van der Waals surface area contributed by atoms with Gasteiger partial charge in [0.15, 0.2) is 0 Å². The van der Waals surface area contributed by atoms with Crippen molar-refractivity contribution < 1.29 is 0 Å². The first-order valence-corrected chi connectivity index (χ1v) is 17.8. The predicted octanol–water partition coefficient (Wildman–Crippen LogP) is 13.9. The molecule has 0 radical (unpaired) electrons. The van der Waals surface area contributed by atoms with E-state index in [1.807, 2.05) is 0 Å². The van der Waals surface area contributed by atoms with Crippen molar-refractivity contribution in [2.75, 3.05) is 4.90 Å². The van der Waals surface area contributed by atoms with E-state index in [4.69, 9.17) is 0 Å². The zero-order chi connectivity index (χ0) is 34.4. The molecule has 52 heavy (non-hydrogen) atoms. The highest BCUT2D eigenvalue weighted by Crippen LogP contribution is 2.39. The van der Waals surface area contributed by atoms with Crippen LogP contribution in [0.1, 0.15) is 0 Å². The fraction of sp³-hybridized carbons (Fsp3) is 0. The minimum absolute atomic E-state index is 1.12. The number of hydrogen-bond acceptors (Lipinski definition) is 1. The molecule has 10 rings (SSSR count). The molecule has 0 aliphatic carbocycles. The Morgan fingerprint density at radius 2 is 0.846 bits per heavy atom. The molecule has 0 N–H and O–H groups in total. The minimum atomic E-state index is 1.12. The standard InChI is InChI=1S/C50H34N2/c1-3-11-35(12-4-1)36-21-27-43(28-22-36)51(42-14-5-2-6-15-42)45-31-25-40-33-39(19-20-41(40)34-45)37-23-29-44(30-24-37)52-48-18-10-9-17-47(48)50-46-16-8-7-13-38(46)26-32-49(50)52/h1-34H. The van der Waals surface area contributed by atoms with E-state index >= 15 is 0 Å². The Morgan fingerprint density at radius 1 is 0.308 bits per heavy atom. The molecule has 0 fully saturated rings. The number of benzene rings is 9. The van der Waals surface area contributed by atoms with Crippen molar-refractivity contribution in [2.24, 2.45) is 0 Å². The molecule has 0 atom stereocenters. The second kappa shape index (κ2) is 12.5. The maximum Gasteiger partial charge on any atom is 0.0547 e. The van der Waals surface area contributed by atoms with Crippen LogP contribution in [0.4, 0.5) is 17.1 Å². The highest BCUT2D eigenvalue weighted by Gasteiger charge is 2.16. The van der Waals surface area contributed by atoms with E-state index in [1.54, 1.807) is 0 Å². The smallest absolute Gasteiger partial charge is 0.0547 e. The lowest BCUT2D eigenvalue weighted by atomic mass is 10.00. The highest BCUT2D eigenvalue weighted by molar-refractivity contribution is 6.21. The SMILES string of the molecule is c1ccc(-c2ccc(N(c3ccccc3)c3ccc4cc(-c5ccc(-n6c7ccccc7c7c8ccccc8ccc76)cc5)ccc4c3)cc2)cc1. The lowest BCUT2D eigenvalue weighted by molar-refractivity contribution is 1.18. The Labute approximate surface area is 303 Å². The summed E-state index contributed by atoms with van der Waals surface area (Å²) in [5, 5.41) is 7.56. The zero-order valence-corrected chi connectivity index (χ0v) is 28.5. The summed E-state index contributed by atoms with van der Waals surface area (Å²) >= 11 is 0. The molecule has 2 nitrogen and oxygen atoms in total. The third-order valence-corrected chi connectivity index (χ3v) is 10.4. The second-order valence-electron chi connectivity index (χ2n) is 13.4. The molecule has 0 saturated heterocycles. The van der Waals surface area contributed by atoms with Gasteiger partial charge < -0.3 is 9.47 Å². The summed E-state index contributed by atoms with van der Waals surface area (Å²) in [4.78, 5) is 2.33. The van der Waals surface area contributed by atoms with Crippen LogP contribution in [0.3, 0.4) is 0 Å². The van der Waals surface area contributed by atoms with Gasteiger partial charge in [-0.25, -0.2) is 0 Å². The van der Waals surface area contributed by atoms with Gasteiger partial charge in [-0.1, -0.05) is 140 Å². The molecule has 2 heteroatoms. The normalized spacial score (nSPS) is 11.5. The van der Waals surface area contributed by atoms with Crippen LogP contribution in [-0.4, -0.2) is 4.57 Å². The van der Waals surface area contributed by atoms with Gasteiger partial charge in [-0.2, -0.15) is 0 Å². The van der Waals surface area contributed by atoms with Crippen LogP contribution in [0.5, 0.6) is 0 Å². The van der Waals surface area contributed by atoms with E-state index in [1.165, 1.54) is 65.6 Å². The van der Waals surface area contributed by atoms with Gasteiger partial charge in [0.25, 0.3) is 0 Å². The Kier molecular flexibility index (Phi) is 7.18. The first-order chi connectivity index (χ1) is 25.8. The fourth-order valence-electron chi connectivity index (χ4n) is 7.83. The second-order valence-corrected chi connectivity index (χ2v) is 13.4. The molecule has 0 unspecified atom stereocenters. The van der Waals surface area contributed by atoms with Crippen LogP contribution in [0.15, 0.2) is 206 Å². The van der Waals surface area contributed by atoms with Crippen LogP contribution >= 0.6 is 0 Å². The van der Waals surface area contributed by atoms with Crippen molar-refractivity contribution >= 4 is 60.4 Å². The van der Waals surface area contributed by atoms with Gasteiger partial charge in [0.05, 0.1) is 11.0 Å². The van der Waals surface area contributed by atoms with Crippen LogP contribution in [0.2, 0.25) is 0 Å². The molecule has 0 aliphatic rings. The molecule has 244 valence electrons. The molecule has 0 aliphatic heterocycles. The summed E-state index contributed by atoms with van der Waals surface area (Å²) in [7, 11) is 0. The minimum Gasteiger partial charge on any atom is -0.310 e. The van der Waals surface area contributed by atoms with Crippen molar-refractivity contribution in [2.45, 2.75) is 0 Å². The summed E-state index contributed by atoms with van der Waals surface area (Å²) in [5.41, 5.74) is 11.8. The predicted molar refractivity (Wildman–Crippen MR) is 221 cm³/mol. The average molecular weight is 663 g/mol. The molecule has 1 aromatic heterocycles. The van der Waals surface area contributed by atoms with Crippen LogP contribution in [0, 0.1) is 0 Å². The van der Waals surface area contributed by atoms with Crippen LogP contribution in [-0.2, 0) is 0 Å². The molecule has 0 bridgehead atoms. The third-order valence-electron chi connectivity index (χ3n) is 10.4. The Morgan fingerprint density at radius 3 is 1.65 bits per heavy atom. The van der Waals surface area contributed by atoms with Crippen molar-refractivity contribution in [3.05, 3.63) is 206 Å². The number of anilines is 3. The van der Waals surface area contributed by atoms with Gasteiger partial charge in [-0.15, -0.1) is 0 Å². The molecular weight excluding hydrogens is 629 g/mol. The average Bonchev–Trinajstić information content (AvgIpc) is 3.57. The van der Waals surface area contributed by atoms with Gasteiger partial charge in [0, 0.05) is 33.5 Å². The van der Waals surface area contributed by atoms with Crippen LogP contribution < -0.4 is 4.90 Å². The molecule has 9 aromatic carbocycles. The third kappa shape index (κ3) is 5.12. The zero-order valence-electron chi connectivity index (χ0n) is 28.5. The summed E-state index contributed by atoms with van der Waals surface area (Å²) in [5.74, 6) is 0. The fourth-order valence-corrected chi connectivity index (χ4v) is 7.83. The number of fused-ring (bicyclic) bond motifs is 6. The lowest BCUT2D eigenvalue weighted by Gasteiger charge is -2.26. The quantitative estimate of drug-likeness (QED) is 0.172. The number of aromatic nitrogens is 1. The molecule has 0 saturated carbocycles. The highest BCUT2D eigenvalue weighted by atomic mass is 15.1. The van der Waals surface area contributed by atoms with Gasteiger partial charge >= 0.3 is 0 Å². The van der Waals surface area contributed by atoms with E-state index < -0.39 is 0 Å². The van der Waals surface area contributed by atoms with E-state index in [9.17, 15) is 0 Å². The van der Waals surface area contributed by atoms with Crippen molar-refractivity contribution in [1.82, 2.24) is 4.57 Å².